The normalized spacial score (nSPS) is 16.2. The number of benzene rings is 2. The van der Waals surface area contributed by atoms with E-state index in [1.54, 1.807) is 25.4 Å². The number of rotatable bonds is 7. The lowest BCUT2D eigenvalue weighted by molar-refractivity contribution is -0.134. The van der Waals surface area contributed by atoms with Gasteiger partial charge in [-0.1, -0.05) is 35.9 Å². The summed E-state index contributed by atoms with van der Waals surface area (Å²) in [7, 11) is 1.65. The Kier molecular flexibility index (Phi) is 6.77. The highest BCUT2D eigenvalue weighted by atomic mass is 35.5. The van der Waals surface area contributed by atoms with E-state index in [9.17, 15) is 4.79 Å². The lowest BCUT2D eigenvalue weighted by Crippen LogP contribution is -2.41. The summed E-state index contributed by atoms with van der Waals surface area (Å²) in [5, 5.41) is 0.496. The molecule has 162 valence electrons. The zero-order valence-corrected chi connectivity index (χ0v) is 18.2. The molecule has 7 heteroatoms. The number of piperidine rings is 1. The highest BCUT2D eigenvalue weighted by Gasteiger charge is 2.28. The third-order valence-corrected chi connectivity index (χ3v) is 5.73. The number of amides is 1. The zero-order valence-electron chi connectivity index (χ0n) is 17.4. The van der Waals surface area contributed by atoms with Crippen LogP contribution in [0.2, 0.25) is 5.02 Å². The second-order valence-electron chi connectivity index (χ2n) is 7.59. The van der Waals surface area contributed by atoms with Crippen LogP contribution in [0.1, 0.15) is 36.0 Å². The number of aromatic nitrogens is 1. The third kappa shape index (κ3) is 5.39. The number of carbonyl (C=O) groups is 1. The van der Waals surface area contributed by atoms with Gasteiger partial charge in [-0.05, 0) is 42.7 Å². The first-order valence-corrected chi connectivity index (χ1v) is 10.7. The molecule has 6 nitrogen and oxygen atoms in total. The van der Waals surface area contributed by atoms with Crippen molar-refractivity contribution in [2.45, 2.75) is 25.2 Å². The summed E-state index contributed by atoms with van der Waals surface area (Å²) in [5.41, 5.74) is 1.13. The fourth-order valence-corrected chi connectivity index (χ4v) is 3.93. The van der Waals surface area contributed by atoms with Crippen LogP contribution in [0.25, 0.3) is 0 Å². The summed E-state index contributed by atoms with van der Waals surface area (Å²) >= 11 is 6.10. The molecule has 1 fully saturated rings. The van der Waals surface area contributed by atoms with Gasteiger partial charge in [-0.2, -0.15) is 0 Å². The van der Waals surface area contributed by atoms with E-state index >= 15 is 0 Å². The number of hydrogen-bond acceptors (Lipinski definition) is 5. The summed E-state index contributed by atoms with van der Waals surface area (Å²) in [4.78, 5) is 19.0. The van der Waals surface area contributed by atoms with Gasteiger partial charge in [0.1, 0.15) is 17.3 Å². The molecule has 1 saturated heterocycles. The highest BCUT2D eigenvalue weighted by Crippen LogP contribution is 2.28. The fraction of sp³-hybridized carbons (Fsp3) is 0.333. The van der Waals surface area contributed by atoms with Crippen LogP contribution in [0.5, 0.6) is 11.5 Å². The number of methoxy groups -OCH3 is 1. The van der Waals surface area contributed by atoms with Crippen LogP contribution >= 0.6 is 11.6 Å². The third-order valence-electron chi connectivity index (χ3n) is 5.42. The first-order chi connectivity index (χ1) is 15.1. The van der Waals surface area contributed by atoms with Crippen molar-refractivity contribution < 1.29 is 18.7 Å². The Morgan fingerprint density at radius 1 is 1.23 bits per heavy atom. The van der Waals surface area contributed by atoms with Crippen LogP contribution in [0.15, 0.2) is 59.1 Å². The van der Waals surface area contributed by atoms with Crippen LogP contribution in [-0.2, 0) is 11.2 Å². The molecule has 0 radical (unpaired) electrons. The minimum Gasteiger partial charge on any atom is -0.497 e. The van der Waals surface area contributed by atoms with E-state index in [2.05, 4.69) is 4.98 Å². The van der Waals surface area contributed by atoms with Crippen molar-refractivity contribution in [3.05, 3.63) is 77.0 Å². The number of carbonyl (C=O) groups excluding carboxylic acids is 1. The second kappa shape index (κ2) is 9.88. The van der Waals surface area contributed by atoms with Crippen LogP contribution in [-0.4, -0.2) is 42.6 Å². The van der Waals surface area contributed by atoms with E-state index < -0.39 is 0 Å². The number of nitrogens with zero attached hydrogens (tertiary/aromatic N) is 2. The molecular weight excluding hydrogens is 416 g/mol. The van der Waals surface area contributed by atoms with Gasteiger partial charge in [-0.15, -0.1) is 0 Å². The van der Waals surface area contributed by atoms with E-state index in [0.717, 1.165) is 29.9 Å². The van der Waals surface area contributed by atoms with E-state index in [1.165, 1.54) is 0 Å². The summed E-state index contributed by atoms with van der Waals surface area (Å²) in [6.45, 7) is 1.25. The van der Waals surface area contributed by atoms with E-state index in [-0.39, 0.29) is 18.4 Å². The second-order valence-corrected chi connectivity index (χ2v) is 7.99. The smallest absolute Gasteiger partial charge is 0.260 e. The van der Waals surface area contributed by atoms with Crippen molar-refractivity contribution in [1.82, 2.24) is 9.88 Å². The van der Waals surface area contributed by atoms with Gasteiger partial charge in [0.05, 0.1) is 24.2 Å². The molecule has 0 saturated carbocycles. The quantitative estimate of drug-likeness (QED) is 0.532. The Hall–Kier alpha value is -2.99. The molecule has 0 aliphatic carbocycles. The summed E-state index contributed by atoms with van der Waals surface area (Å²) in [6, 6.07) is 15.0. The maximum absolute atomic E-state index is 12.7. The van der Waals surface area contributed by atoms with Gasteiger partial charge < -0.3 is 18.8 Å². The van der Waals surface area contributed by atoms with Crippen molar-refractivity contribution in [2.75, 3.05) is 26.8 Å². The Labute approximate surface area is 186 Å². The number of ether oxygens (including phenoxy) is 2. The fourth-order valence-electron chi connectivity index (χ4n) is 3.74. The van der Waals surface area contributed by atoms with E-state index in [4.69, 9.17) is 25.5 Å². The molecule has 3 aromatic rings. The summed E-state index contributed by atoms with van der Waals surface area (Å²) in [5.74, 6) is 2.87. The van der Waals surface area contributed by atoms with Crippen LogP contribution in [0.3, 0.4) is 0 Å². The molecule has 1 aliphatic heterocycles. The van der Waals surface area contributed by atoms with E-state index in [0.29, 0.717) is 36.2 Å². The molecule has 2 aromatic carbocycles. The molecule has 1 aliphatic rings. The largest absolute Gasteiger partial charge is 0.497 e. The Morgan fingerprint density at radius 3 is 2.81 bits per heavy atom. The SMILES string of the molecule is COc1ccc(Cc2cnc(C3CCCN(C(=O)COc4ccccc4Cl)C3)o2)cc1. The number of likely N-dealkylation sites (tertiary alicyclic amines) is 1. The standard InChI is InChI=1S/C24H25ClN2O4/c1-29-19-10-8-17(9-11-19)13-20-14-26-24(31-20)18-5-4-12-27(15-18)23(28)16-30-22-7-3-2-6-21(22)25/h2-3,6-11,14,18H,4-5,12-13,15-16H2,1H3. The molecular formula is C24H25ClN2O4. The number of hydrogen-bond donors (Lipinski definition) is 0. The van der Waals surface area contributed by atoms with Gasteiger partial charge in [0, 0.05) is 19.5 Å². The molecule has 31 heavy (non-hydrogen) atoms. The lowest BCUT2D eigenvalue weighted by Gasteiger charge is -2.31. The minimum atomic E-state index is -0.0605. The Bertz CT molecular complexity index is 1020. The van der Waals surface area contributed by atoms with Crippen molar-refractivity contribution in [3.8, 4) is 11.5 Å². The minimum absolute atomic E-state index is 0.0369. The molecule has 4 rings (SSSR count). The number of oxazole rings is 1. The van der Waals surface area contributed by atoms with Crippen molar-refractivity contribution in [1.29, 1.82) is 0 Å². The number of para-hydroxylation sites is 1. The zero-order chi connectivity index (χ0) is 21.6. The Balaban J connectivity index is 1.34. The maximum atomic E-state index is 12.7. The topological polar surface area (TPSA) is 64.8 Å². The molecule has 1 amide bonds. The Morgan fingerprint density at radius 2 is 2.03 bits per heavy atom. The molecule has 1 unspecified atom stereocenters. The average Bonchev–Trinajstić information content (AvgIpc) is 3.27. The van der Waals surface area contributed by atoms with Gasteiger partial charge in [-0.25, -0.2) is 4.98 Å². The summed E-state index contributed by atoms with van der Waals surface area (Å²) in [6.07, 6.45) is 4.29. The number of halogens is 1. The maximum Gasteiger partial charge on any atom is 0.260 e. The summed E-state index contributed by atoms with van der Waals surface area (Å²) < 4.78 is 16.8. The molecule has 2 heterocycles. The first-order valence-electron chi connectivity index (χ1n) is 10.3. The highest BCUT2D eigenvalue weighted by molar-refractivity contribution is 6.32. The lowest BCUT2D eigenvalue weighted by atomic mass is 9.98. The van der Waals surface area contributed by atoms with Crippen LogP contribution in [0, 0.1) is 0 Å². The van der Waals surface area contributed by atoms with Crippen LogP contribution < -0.4 is 9.47 Å². The van der Waals surface area contributed by atoms with Crippen molar-refractivity contribution in [2.24, 2.45) is 0 Å². The predicted molar refractivity (Wildman–Crippen MR) is 118 cm³/mol. The molecule has 0 spiro atoms. The monoisotopic (exact) mass is 440 g/mol. The molecule has 0 bridgehead atoms. The van der Waals surface area contributed by atoms with Crippen molar-refractivity contribution >= 4 is 17.5 Å². The molecule has 1 atom stereocenters. The van der Waals surface area contributed by atoms with Gasteiger partial charge in [0.25, 0.3) is 5.91 Å². The van der Waals surface area contributed by atoms with Gasteiger partial charge >= 0.3 is 0 Å². The van der Waals surface area contributed by atoms with Crippen molar-refractivity contribution in [3.63, 3.8) is 0 Å². The van der Waals surface area contributed by atoms with Gasteiger partial charge in [0.15, 0.2) is 12.5 Å². The van der Waals surface area contributed by atoms with Crippen LogP contribution in [0.4, 0.5) is 0 Å². The molecule has 1 aromatic heterocycles. The molecule has 0 N–H and O–H groups in total. The van der Waals surface area contributed by atoms with Gasteiger partial charge in [-0.3, -0.25) is 4.79 Å². The van der Waals surface area contributed by atoms with E-state index in [1.807, 2.05) is 41.3 Å². The van der Waals surface area contributed by atoms with Gasteiger partial charge in [0.2, 0.25) is 0 Å². The predicted octanol–water partition coefficient (Wildman–Crippen LogP) is 4.71. The average molecular weight is 441 g/mol. The first kappa shape index (κ1) is 21.2.